The number of aryl methyl sites for hydroxylation is 1. The predicted octanol–water partition coefficient (Wildman–Crippen LogP) is 3.66. The van der Waals surface area contributed by atoms with E-state index >= 15 is 0 Å². The van der Waals surface area contributed by atoms with E-state index in [1.54, 1.807) is 12.4 Å². The molecule has 0 saturated heterocycles. The molecule has 0 amide bonds. The summed E-state index contributed by atoms with van der Waals surface area (Å²) in [4.78, 5) is 4.08. The van der Waals surface area contributed by atoms with Crippen LogP contribution in [0.3, 0.4) is 0 Å². The Morgan fingerprint density at radius 3 is 2.83 bits per heavy atom. The van der Waals surface area contributed by atoms with Crippen LogP contribution in [0.2, 0.25) is 0 Å². The van der Waals surface area contributed by atoms with Gasteiger partial charge >= 0.3 is 0 Å². The minimum absolute atomic E-state index is 0.731. The lowest BCUT2D eigenvalue weighted by atomic mass is 10.1. The summed E-state index contributed by atoms with van der Waals surface area (Å²) in [6.07, 6.45) is 3.44. The van der Waals surface area contributed by atoms with Crippen LogP contribution in [0.25, 0.3) is 0 Å². The summed E-state index contributed by atoms with van der Waals surface area (Å²) in [6, 6.07) is 8.11. The number of pyridine rings is 1. The third-order valence-electron chi connectivity index (χ3n) is 2.54. The first-order chi connectivity index (χ1) is 8.69. The summed E-state index contributed by atoms with van der Waals surface area (Å²) in [5, 5.41) is 3.13. The van der Waals surface area contributed by atoms with E-state index in [9.17, 15) is 0 Å². The molecule has 94 valence electrons. The molecule has 2 aromatic rings. The molecule has 0 unspecified atom stereocenters. The Morgan fingerprint density at radius 1 is 1.28 bits per heavy atom. The van der Waals surface area contributed by atoms with E-state index < -0.39 is 0 Å². The van der Waals surface area contributed by atoms with E-state index in [-0.39, 0.29) is 0 Å². The summed E-state index contributed by atoms with van der Waals surface area (Å²) < 4.78 is 6.76. The molecule has 0 aliphatic heterocycles. The molecule has 1 aromatic heterocycles. The molecule has 1 N–H and O–H groups in total. The van der Waals surface area contributed by atoms with Crippen molar-refractivity contribution < 1.29 is 4.74 Å². The number of nitrogens with zero attached hydrogens (tertiary/aromatic N) is 1. The molecule has 0 aliphatic rings. The monoisotopic (exact) mass is 306 g/mol. The SMILES string of the molecule is CNCc1ccc(C)c(Oc2cncc(Br)c2)c1. The molecular formula is C14H15BrN2O. The first kappa shape index (κ1) is 13.1. The first-order valence-electron chi connectivity index (χ1n) is 5.71. The lowest BCUT2D eigenvalue weighted by Gasteiger charge is -2.10. The Bertz CT molecular complexity index is 543. The Kier molecular flexibility index (Phi) is 4.33. The van der Waals surface area contributed by atoms with E-state index in [4.69, 9.17) is 4.74 Å². The lowest BCUT2D eigenvalue weighted by Crippen LogP contribution is -2.05. The molecule has 1 aromatic carbocycles. The molecule has 18 heavy (non-hydrogen) atoms. The number of aromatic nitrogens is 1. The second-order valence-corrected chi connectivity index (χ2v) is 4.99. The highest BCUT2D eigenvalue weighted by Gasteiger charge is 2.04. The average molecular weight is 307 g/mol. The van der Waals surface area contributed by atoms with Crippen molar-refractivity contribution >= 4 is 15.9 Å². The van der Waals surface area contributed by atoms with Crippen molar-refractivity contribution in [2.45, 2.75) is 13.5 Å². The maximum Gasteiger partial charge on any atom is 0.146 e. The van der Waals surface area contributed by atoms with Gasteiger partial charge in [-0.15, -0.1) is 0 Å². The van der Waals surface area contributed by atoms with E-state index in [1.807, 2.05) is 26.1 Å². The number of ether oxygens (including phenoxy) is 1. The van der Waals surface area contributed by atoms with Crippen molar-refractivity contribution in [2.75, 3.05) is 7.05 Å². The van der Waals surface area contributed by atoms with Crippen LogP contribution < -0.4 is 10.1 Å². The molecule has 0 radical (unpaired) electrons. The summed E-state index contributed by atoms with van der Waals surface area (Å²) in [7, 11) is 1.93. The van der Waals surface area contributed by atoms with Crippen LogP contribution in [0.4, 0.5) is 0 Å². The molecule has 1 heterocycles. The standard InChI is InChI=1S/C14H15BrN2O/c1-10-3-4-11(7-16-2)5-14(10)18-13-6-12(15)8-17-9-13/h3-6,8-9,16H,7H2,1-2H3. The number of halogens is 1. The quantitative estimate of drug-likeness (QED) is 0.936. The molecule has 0 fully saturated rings. The molecular weight excluding hydrogens is 292 g/mol. The van der Waals surface area contributed by atoms with Crippen molar-refractivity contribution in [1.29, 1.82) is 0 Å². The van der Waals surface area contributed by atoms with Crippen LogP contribution >= 0.6 is 15.9 Å². The van der Waals surface area contributed by atoms with Gasteiger partial charge in [0, 0.05) is 17.2 Å². The largest absolute Gasteiger partial charge is 0.455 e. The molecule has 0 saturated carbocycles. The van der Waals surface area contributed by atoms with E-state index in [0.717, 1.165) is 28.1 Å². The zero-order chi connectivity index (χ0) is 13.0. The minimum atomic E-state index is 0.731. The van der Waals surface area contributed by atoms with Crippen LogP contribution in [-0.4, -0.2) is 12.0 Å². The maximum absolute atomic E-state index is 5.86. The third kappa shape index (κ3) is 3.31. The van der Waals surface area contributed by atoms with Crippen molar-refractivity contribution in [3.63, 3.8) is 0 Å². The Hall–Kier alpha value is -1.39. The lowest BCUT2D eigenvalue weighted by molar-refractivity contribution is 0.475. The third-order valence-corrected chi connectivity index (χ3v) is 2.97. The summed E-state index contributed by atoms with van der Waals surface area (Å²) >= 11 is 3.38. The van der Waals surface area contributed by atoms with Gasteiger partial charge in [-0.1, -0.05) is 12.1 Å². The maximum atomic E-state index is 5.86. The smallest absolute Gasteiger partial charge is 0.146 e. The van der Waals surface area contributed by atoms with Crippen LogP contribution in [0, 0.1) is 6.92 Å². The Morgan fingerprint density at radius 2 is 2.11 bits per heavy atom. The summed E-state index contributed by atoms with van der Waals surface area (Å²) in [6.45, 7) is 2.86. The van der Waals surface area contributed by atoms with Gasteiger partial charge in [0.2, 0.25) is 0 Å². The second-order valence-electron chi connectivity index (χ2n) is 4.07. The zero-order valence-corrected chi connectivity index (χ0v) is 12.0. The van der Waals surface area contributed by atoms with Crippen LogP contribution in [0.1, 0.15) is 11.1 Å². The summed E-state index contributed by atoms with van der Waals surface area (Å²) in [5.41, 5.74) is 2.30. The van der Waals surface area contributed by atoms with E-state index in [0.29, 0.717) is 0 Å². The van der Waals surface area contributed by atoms with Gasteiger partial charge in [0.15, 0.2) is 0 Å². The van der Waals surface area contributed by atoms with Gasteiger partial charge in [-0.25, -0.2) is 0 Å². The second kappa shape index (κ2) is 5.98. The molecule has 2 rings (SSSR count). The Labute approximate surface area is 115 Å². The van der Waals surface area contributed by atoms with Crippen molar-refractivity contribution in [1.82, 2.24) is 10.3 Å². The fourth-order valence-electron chi connectivity index (χ4n) is 1.64. The molecule has 0 aliphatic carbocycles. The normalized spacial score (nSPS) is 10.4. The van der Waals surface area contributed by atoms with Gasteiger partial charge in [-0.3, -0.25) is 4.98 Å². The van der Waals surface area contributed by atoms with Gasteiger partial charge in [-0.2, -0.15) is 0 Å². The topological polar surface area (TPSA) is 34.1 Å². The highest BCUT2D eigenvalue weighted by atomic mass is 79.9. The van der Waals surface area contributed by atoms with Gasteiger partial charge in [0.05, 0.1) is 6.20 Å². The van der Waals surface area contributed by atoms with E-state index in [2.05, 4.69) is 38.4 Å². The molecule has 0 atom stereocenters. The zero-order valence-electron chi connectivity index (χ0n) is 10.4. The Balaban J connectivity index is 2.25. The summed E-state index contributed by atoms with van der Waals surface area (Å²) in [5.74, 6) is 1.59. The molecule has 3 nitrogen and oxygen atoms in total. The number of rotatable bonds is 4. The van der Waals surface area contributed by atoms with Gasteiger partial charge < -0.3 is 10.1 Å². The fraction of sp³-hybridized carbons (Fsp3) is 0.214. The number of nitrogens with one attached hydrogen (secondary N) is 1. The molecule has 0 spiro atoms. The number of hydrogen-bond acceptors (Lipinski definition) is 3. The fourth-order valence-corrected chi connectivity index (χ4v) is 1.99. The number of benzene rings is 1. The predicted molar refractivity (Wildman–Crippen MR) is 76.0 cm³/mol. The number of hydrogen-bond donors (Lipinski definition) is 1. The van der Waals surface area contributed by atoms with Crippen molar-refractivity contribution in [2.24, 2.45) is 0 Å². The highest BCUT2D eigenvalue weighted by molar-refractivity contribution is 9.10. The van der Waals surface area contributed by atoms with Crippen LogP contribution in [-0.2, 0) is 6.54 Å². The van der Waals surface area contributed by atoms with Crippen LogP contribution in [0.15, 0.2) is 41.1 Å². The average Bonchev–Trinajstić information content (AvgIpc) is 2.34. The first-order valence-corrected chi connectivity index (χ1v) is 6.51. The van der Waals surface area contributed by atoms with E-state index in [1.165, 1.54) is 5.56 Å². The molecule has 4 heteroatoms. The van der Waals surface area contributed by atoms with Crippen molar-refractivity contribution in [3.05, 3.63) is 52.3 Å². The van der Waals surface area contributed by atoms with Crippen molar-refractivity contribution in [3.8, 4) is 11.5 Å². The minimum Gasteiger partial charge on any atom is -0.455 e. The van der Waals surface area contributed by atoms with Gasteiger partial charge in [0.25, 0.3) is 0 Å². The van der Waals surface area contributed by atoms with Crippen LogP contribution in [0.5, 0.6) is 11.5 Å². The molecule has 0 bridgehead atoms. The highest BCUT2D eigenvalue weighted by Crippen LogP contribution is 2.27. The van der Waals surface area contributed by atoms with Gasteiger partial charge in [0.1, 0.15) is 11.5 Å². The van der Waals surface area contributed by atoms with Gasteiger partial charge in [-0.05, 0) is 53.2 Å².